The fraction of sp³-hybridized carbons (Fsp3) is 0.412. The zero-order chi connectivity index (χ0) is 15.0. The monoisotopic (exact) mass is 282 g/mol. The molecule has 0 spiro atoms. The molecule has 4 nitrogen and oxygen atoms in total. The van der Waals surface area contributed by atoms with Crippen LogP contribution in [0.25, 0.3) is 0 Å². The van der Waals surface area contributed by atoms with E-state index in [1.54, 1.807) is 0 Å². The third kappa shape index (κ3) is 2.40. The Kier molecular flexibility index (Phi) is 3.64. The van der Waals surface area contributed by atoms with Crippen LogP contribution in [0.3, 0.4) is 0 Å². The molecular weight excluding hydrogens is 260 g/mol. The van der Waals surface area contributed by atoms with Gasteiger partial charge in [0.05, 0.1) is 5.69 Å². The van der Waals surface area contributed by atoms with Crippen molar-refractivity contribution in [1.29, 1.82) is 0 Å². The maximum absolute atomic E-state index is 5.99. The van der Waals surface area contributed by atoms with Crippen molar-refractivity contribution in [2.75, 3.05) is 11.4 Å². The van der Waals surface area contributed by atoms with Crippen molar-refractivity contribution in [3.8, 4) is 0 Å². The Morgan fingerprint density at radius 3 is 2.76 bits per heavy atom. The lowest BCUT2D eigenvalue weighted by Crippen LogP contribution is -2.32. The number of nitrogens with two attached hydrogens (primary N) is 1. The quantitative estimate of drug-likeness (QED) is 0.920. The number of aromatic nitrogens is 2. The van der Waals surface area contributed by atoms with Crippen molar-refractivity contribution < 1.29 is 0 Å². The molecule has 0 bridgehead atoms. The summed E-state index contributed by atoms with van der Waals surface area (Å²) in [5.74, 6) is 1.51. The van der Waals surface area contributed by atoms with Gasteiger partial charge in [0.25, 0.3) is 0 Å². The van der Waals surface area contributed by atoms with Gasteiger partial charge in [-0.15, -0.1) is 5.10 Å². The van der Waals surface area contributed by atoms with Gasteiger partial charge in [0.1, 0.15) is 0 Å². The molecule has 1 unspecified atom stereocenters. The van der Waals surface area contributed by atoms with E-state index in [1.807, 2.05) is 6.92 Å². The van der Waals surface area contributed by atoms with Crippen molar-refractivity contribution in [1.82, 2.24) is 10.2 Å². The molecule has 0 saturated heterocycles. The number of nitrogens with zero attached hydrogens (tertiary/aromatic N) is 3. The van der Waals surface area contributed by atoms with Crippen molar-refractivity contribution in [2.45, 2.75) is 33.7 Å². The van der Waals surface area contributed by atoms with Crippen LogP contribution in [0.5, 0.6) is 0 Å². The van der Waals surface area contributed by atoms with E-state index in [1.165, 1.54) is 11.3 Å². The van der Waals surface area contributed by atoms with Crippen molar-refractivity contribution >= 4 is 11.5 Å². The minimum atomic E-state index is 0.491. The number of rotatable bonds is 2. The molecule has 2 heterocycles. The van der Waals surface area contributed by atoms with Crippen LogP contribution in [0, 0.1) is 19.8 Å². The Bertz CT molecular complexity index is 666. The smallest absolute Gasteiger partial charge is 0.160 e. The summed E-state index contributed by atoms with van der Waals surface area (Å²) >= 11 is 0. The first-order valence-corrected chi connectivity index (χ1v) is 7.50. The third-order valence-corrected chi connectivity index (χ3v) is 4.36. The molecular formula is C17H22N4. The van der Waals surface area contributed by atoms with E-state index in [-0.39, 0.29) is 0 Å². The van der Waals surface area contributed by atoms with Crippen molar-refractivity contribution in [2.24, 2.45) is 11.7 Å². The Hall–Kier alpha value is -1.94. The first-order chi connectivity index (χ1) is 10.1. The van der Waals surface area contributed by atoms with E-state index >= 15 is 0 Å². The Morgan fingerprint density at radius 2 is 2.00 bits per heavy atom. The van der Waals surface area contributed by atoms with Crippen LogP contribution in [-0.2, 0) is 13.0 Å². The normalized spacial score (nSPS) is 17.7. The Labute approximate surface area is 126 Å². The number of hydrogen-bond donors (Lipinski definition) is 1. The maximum Gasteiger partial charge on any atom is 0.160 e. The topological polar surface area (TPSA) is 55.0 Å². The van der Waals surface area contributed by atoms with E-state index < -0.39 is 0 Å². The predicted octanol–water partition coefficient (Wildman–Crippen LogP) is 2.88. The first-order valence-electron chi connectivity index (χ1n) is 7.50. The standard InChI is InChI=1S/C17H22N4/c1-11-8-14-6-4-5-7-16(14)21(10-11)17-15(9-18)12(2)13(3)19-20-17/h4-7,11H,8-10,18H2,1-3H3. The van der Waals surface area contributed by atoms with Gasteiger partial charge in [-0.05, 0) is 43.4 Å². The molecule has 2 N–H and O–H groups in total. The van der Waals surface area contributed by atoms with E-state index in [9.17, 15) is 0 Å². The number of hydrogen-bond acceptors (Lipinski definition) is 4. The summed E-state index contributed by atoms with van der Waals surface area (Å²) in [5, 5.41) is 8.78. The number of anilines is 2. The van der Waals surface area contributed by atoms with Crippen LogP contribution in [-0.4, -0.2) is 16.7 Å². The Balaban J connectivity index is 2.15. The second kappa shape index (κ2) is 5.45. The molecule has 1 aliphatic heterocycles. The highest BCUT2D eigenvalue weighted by atomic mass is 15.3. The summed E-state index contributed by atoms with van der Waals surface area (Å²) in [4.78, 5) is 2.28. The molecule has 0 aliphatic carbocycles. The van der Waals surface area contributed by atoms with Gasteiger partial charge in [-0.2, -0.15) is 5.10 Å². The summed E-state index contributed by atoms with van der Waals surface area (Å²) in [5.41, 5.74) is 11.8. The lowest BCUT2D eigenvalue weighted by molar-refractivity contribution is 0.557. The molecule has 4 heteroatoms. The summed E-state index contributed by atoms with van der Waals surface area (Å²) in [6, 6.07) is 8.55. The molecule has 1 aromatic heterocycles. The van der Waals surface area contributed by atoms with Gasteiger partial charge in [-0.25, -0.2) is 0 Å². The van der Waals surface area contributed by atoms with Gasteiger partial charge >= 0.3 is 0 Å². The minimum absolute atomic E-state index is 0.491. The predicted molar refractivity (Wildman–Crippen MR) is 85.7 cm³/mol. The van der Waals surface area contributed by atoms with Crippen LogP contribution in [0.15, 0.2) is 24.3 Å². The van der Waals surface area contributed by atoms with E-state index in [4.69, 9.17) is 5.73 Å². The number of fused-ring (bicyclic) bond motifs is 1. The summed E-state index contributed by atoms with van der Waals surface area (Å²) in [6.07, 6.45) is 1.11. The highest BCUT2D eigenvalue weighted by Crippen LogP contribution is 2.36. The fourth-order valence-corrected chi connectivity index (χ4v) is 3.10. The SMILES string of the molecule is Cc1nnc(N2CC(C)Cc3ccccc32)c(CN)c1C. The molecule has 3 rings (SSSR count). The van der Waals surface area contributed by atoms with Gasteiger partial charge in [0, 0.05) is 24.3 Å². The van der Waals surface area contributed by atoms with Gasteiger partial charge in [-0.1, -0.05) is 25.1 Å². The van der Waals surface area contributed by atoms with Crippen LogP contribution < -0.4 is 10.6 Å². The average Bonchev–Trinajstić information content (AvgIpc) is 2.49. The van der Waals surface area contributed by atoms with Crippen LogP contribution >= 0.6 is 0 Å². The van der Waals surface area contributed by atoms with Gasteiger partial charge in [-0.3, -0.25) is 0 Å². The lowest BCUT2D eigenvalue weighted by Gasteiger charge is -2.35. The molecule has 0 amide bonds. The number of benzene rings is 1. The third-order valence-electron chi connectivity index (χ3n) is 4.36. The van der Waals surface area contributed by atoms with E-state index in [0.29, 0.717) is 12.5 Å². The largest absolute Gasteiger partial charge is 0.326 e. The number of aryl methyl sites for hydroxylation is 1. The minimum Gasteiger partial charge on any atom is -0.326 e. The highest BCUT2D eigenvalue weighted by Gasteiger charge is 2.26. The molecule has 0 fully saturated rings. The molecule has 1 aromatic carbocycles. The van der Waals surface area contributed by atoms with Gasteiger partial charge in [0.2, 0.25) is 0 Å². The van der Waals surface area contributed by atoms with Crippen molar-refractivity contribution in [3.05, 3.63) is 46.6 Å². The summed E-state index contributed by atoms with van der Waals surface area (Å²) < 4.78 is 0. The first kappa shape index (κ1) is 14.0. The van der Waals surface area contributed by atoms with Crippen LogP contribution in [0.4, 0.5) is 11.5 Å². The molecule has 1 atom stereocenters. The summed E-state index contributed by atoms with van der Waals surface area (Å²) in [6.45, 7) is 7.79. The van der Waals surface area contributed by atoms with Gasteiger partial charge in [0.15, 0.2) is 5.82 Å². The zero-order valence-corrected chi connectivity index (χ0v) is 12.9. The second-order valence-corrected chi connectivity index (χ2v) is 5.97. The molecule has 110 valence electrons. The molecule has 0 radical (unpaired) electrons. The average molecular weight is 282 g/mol. The summed E-state index contributed by atoms with van der Waals surface area (Å²) in [7, 11) is 0. The second-order valence-electron chi connectivity index (χ2n) is 5.97. The van der Waals surface area contributed by atoms with E-state index in [2.05, 4.69) is 53.2 Å². The highest BCUT2D eigenvalue weighted by molar-refractivity contribution is 5.68. The molecule has 2 aromatic rings. The molecule has 1 aliphatic rings. The van der Waals surface area contributed by atoms with Crippen molar-refractivity contribution in [3.63, 3.8) is 0 Å². The zero-order valence-electron chi connectivity index (χ0n) is 12.9. The van der Waals surface area contributed by atoms with Crippen LogP contribution in [0.1, 0.15) is 29.3 Å². The Morgan fingerprint density at radius 1 is 1.24 bits per heavy atom. The lowest BCUT2D eigenvalue weighted by atomic mass is 9.93. The molecule has 21 heavy (non-hydrogen) atoms. The number of para-hydroxylation sites is 1. The van der Waals surface area contributed by atoms with Gasteiger partial charge < -0.3 is 10.6 Å². The maximum atomic E-state index is 5.99. The van der Waals surface area contributed by atoms with E-state index in [0.717, 1.165) is 35.6 Å². The fourth-order valence-electron chi connectivity index (χ4n) is 3.10. The molecule has 0 saturated carbocycles. The van der Waals surface area contributed by atoms with Crippen LogP contribution in [0.2, 0.25) is 0 Å².